The molecule has 1 aromatic rings. The van der Waals surface area contributed by atoms with Crippen molar-refractivity contribution in [2.45, 2.75) is 31.3 Å². The van der Waals surface area contributed by atoms with Crippen LogP contribution < -0.4 is 5.32 Å². The van der Waals surface area contributed by atoms with E-state index in [1.807, 2.05) is 7.05 Å². The van der Waals surface area contributed by atoms with Gasteiger partial charge < -0.3 is 10.2 Å². The summed E-state index contributed by atoms with van der Waals surface area (Å²) in [7, 11) is 1.96. The van der Waals surface area contributed by atoms with Gasteiger partial charge in [-0.25, -0.2) is 4.39 Å². The second-order valence-corrected chi connectivity index (χ2v) is 7.02. The number of halogens is 2. The normalized spacial score (nSPS) is 23.1. The van der Waals surface area contributed by atoms with Crippen molar-refractivity contribution in [2.75, 3.05) is 18.1 Å². The molecular weight excluding hydrogens is 325 g/mol. The van der Waals surface area contributed by atoms with Gasteiger partial charge in [-0.15, -0.1) is 0 Å². The molecule has 2 aliphatic rings. The second kappa shape index (κ2) is 6.46. The van der Waals surface area contributed by atoms with Crippen molar-refractivity contribution >= 4 is 40.1 Å². The lowest BCUT2D eigenvalue weighted by Gasteiger charge is -2.20. The van der Waals surface area contributed by atoms with Crippen molar-refractivity contribution in [2.24, 2.45) is 4.99 Å². The van der Waals surface area contributed by atoms with Crippen LogP contribution in [0.25, 0.3) is 0 Å². The van der Waals surface area contributed by atoms with E-state index in [9.17, 15) is 9.18 Å². The van der Waals surface area contributed by atoms with E-state index in [-0.39, 0.29) is 17.6 Å². The molecule has 1 aliphatic carbocycles. The van der Waals surface area contributed by atoms with Crippen molar-refractivity contribution < 1.29 is 9.18 Å². The fraction of sp³-hybridized carbons (Fsp3) is 0.467. The van der Waals surface area contributed by atoms with Gasteiger partial charge in [0.15, 0.2) is 5.17 Å². The van der Waals surface area contributed by atoms with Crippen LogP contribution >= 0.6 is 23.4 Å². The maximum atomic E-state index is 13.6. The van der Waals surface area contributed by atoms with Crippen LogP contribution in [0, 0.1) is 5.82 Å². The summed E-state index contributed by atoms with van der Waals surface area (Å²) in [6.07, 6.45) is 2.63. The van der Waals surface area contributed by atoms with Crippen molar-refractivity contribution in [1.29, 1.82) is 0 Å². The number of thioether (sulfide) groups is 1. The molecule has 3 rings (SSSR count). The Labute approximate surface area is 138 Å². The van der Waals surface area contributed by atoms with E-state index in [4.69, 9.17) is 11.6 Å². The number of amidine groups is 1. The average molecular weight is 342 g/mol. The summed E-state index contributed by atoms with van der Waals surface area (Å²) in [5.41, 5.74) is 0.123. The second-order valence-electron chi connectivity index (χ2n) is 5.60. The van der Waals surface area contributed by atoms with Gasteiger partial charge in [-0.05, 0) is 31.0 Å². The van der Waals surface area contributed by atoms with Crippen LogP contribution in [0.3, 0.4) is 0 Å². The number of hydrogen-bond donors (Lipinski definition) is 1. The third-order valence-corrected chi connectivity index (χ3v) is 5.16. The molecular formula is C15H17ClFN3OS. The van der Waals surface area contributed by atoms with Gasteiger partial charge in [-0.2, -0.15) is 0 Å². The Morgan fingerprint density at radius 2 is 2.32 bits per heavy atom. The van der Waals surface area contributed by atoms with Crippen molar-refractivity contribution in [3.05, 3.63) is 29.0 Å². The van der Waals surface area contributed by atoms with Crippen LogP contribution in [0.1, 0.15) is 19.3 Å². The standard InChI is InChI=1S/C15H17ClFN3OS/c1-20-11(8-22-15(20)18-10-3-4-10)7-14(21)19-13-6-9(16)2-5-12(13)17/h2,5-6,10-11H,3-4,7-8H2,1H3,(H,19,21). The predicted molar refractivity (Wildman–Crippen MR) is 89.1 cm³/mol. The zero-order valence-corrected chi connectivity index (χ0v) is 13.8. The van der Waals surface area contributed by atoms with Crippen LogP contribution in [0.2, 0.25) is 5.02 Å². The Bertz CT molecular complexity index is 621. The maximum Gasteiger partial charge on any atom is 0.226 e. The van der Waals surface area contributed by atoms with E-state index in [2.05, 4.69) is 15.2 Å². The largest absolute Gasteiger partial charge is 0.350 e. The molecule has 7 heteroatoms. The van der Waals surface area contributed by atoms with Gasteiger partial charge in [0, 0.05) is 30.3 Å². The average Bonchev–Trinajstić information content (AvgIpc) is 3.23. The maximum absolute atomic E-state index is 13.6. The molecule has 118 valence electrons. The first-order valence-electron chi connectivity index (χ1n) is 7.21. The minimum atomic E-state index is -0.483. The molecule has 0 aromatic heterocycles. The summed E-state index contributed by atoms with van der Waals surface area (Å²) in [6.45, 7) is 0. The molecule has 0 bridgehead atoms. The number of amides is 1. The first-order valence-corrected chi connectivity index (χ1v) is 8.57. The number of nitrogens with zero attached hydrogens (tertiary/aromatic N) is 2. The minimum absolute atomic E-state index is 0.0877. The Morgan fingerprint density at radius 3 is 3.05 bits per heavy atom. The molecule has 1 saturated heterocycles. The van der Waals surface area contributed by atoms with E-state index in [0.717, 1.165) is 23.8 Å². The quantitative estimate of drug-likeness (QED) is 0.913. The van der Waals surface area contributed by atoms with Gasteiger partial charge in [0.1, 0.15) is 5.82 Å². The Balaban J connectivity index is 1.59. The molecule has 22 heavy (non-hydrogen) atoms. The third kappa shape index (κ3) is 3.73. The summed E-state index contributed by atoms with van der Waals surface area (Å²) in [6, 6.07) is 4.68. The highest BCUT2D eigenvalue weighted by Crippen LogP contribution is 2.30. The van der Waals surface area contributed by atoms with Crippen LogP contribution in [0.15, 0.2) is 23.2 Å². The van der Waals surface area contributed by atoms with E-state index in [1.165, 1.54) is 18.2 Å². The lowest BCUT2D eigenvalue weighted by atomic mass is 10.2. The molecule has 0 radical (unpaired) electrons. The number of aliphatic imine (C=N–C) groups is 1. The first-order chi connectivity index (χ1) is 10.5. The van der Waals surface area contributed by atoms with E-state index in [0.29, 0.717) is 17.5 Å². The molecule has 1 heterocycles. The van der Waals surface area contributed by atoms with Crippen LogP contribution in [0.4, 0.5) is 10.1 Å². The number of anilines is 1. The number of carbonyl (C=O) groups excluding carboxylic acids is 1. The number of nitrogens with one attached hydrogen (secondary N) is 1. The Kier molecular flexibility index (Phi) is 4.59. The summed E-state index contributed by atoms with van der Waals surface area (Å²) in [4.78, 5) is 18.8. The van der Waals surface area contributed by atoms with Crippen LogP contribution in [-0.4, -0.2) is 40.9 Å². The zero-order valence-electron chi connectivity index (χ0n) is 12.2. The van der Waals surface area contributed by atoms with Gasteiger partial charge >= 0.3 is 0 Å². The molecule has 0 spiro atoms. The van der Waals surface area contributed by atoms with E-state index in [1.54, 1.807) is 11.8 Å². The SMILES string of the molecule is CN1C(=NC2CC2)SCC1CC(=O)Nc1cc(Cl)ccc1F. The highest BCUT2D eigenvalue weighted by Gasteiger charge is 2.31. The number of hydrogen-bond acceptors (Lipinski definition) is 3. The molecule has 1 saturated carbocycles. The number of benzene rings is 1. The summed E-state index contributed by atoms with van der Waals surface area (Å²) < 4.78 is 13.6. The minimum Gasteiger partial charge on any atom is -0.350 e. The third-order valence-electron chi connectivity index (χ3n) is 3.72. The lowest BCUT2D eigenvalue weighted by molar-refractivity contribution is -0.116. The molecule has 1 N–H and O–H groups in total. The Hall–Kier alpha value is -1.27. The highest BCUT2D eigenvalue weighted by atomic mass is 35.5. The topological polar surface area (TPSA) is 44.7 Å². The van der Waals surface area contributed by atoms with Gasteiger partial charge in [-0.3, -0.25) is 9.79 Å². The molecule has 1 atom stereocenters. The van der Waals surface area contributed by atoms with Crippen molar-refractivity contribution in [3.63, 3.8) is 0 Å². The van der Waals surface area contributed by atoms with Crippen LogP contribution in [0.5, 0.6) is 0 Å². The van der Waals surface area contributed by atoms with Gasteiger partial charge in [0.05, 0.1) is 11.7 Å². The first kappa shape index (κ1) is 15.6. The smallest absolute Gasteiger partial charge is 0.226 e. The molecule has 1 aromatic carbocycles. The predicted octanol–water partition coefficient (Wildman–Crippen LogP) is 3.37. The van der Waals surface area contributed by atoms with Gasteiger partial charge in [0.2, 0.25) is 5.91 Å². The van der Waals surface area contributed by atoms with Crippen molar-refractivity contribution in [1.82, 2.24) is 4.90 Å². The van der Waals surface area contributed by atoms with Gasteiger partial charge in [0.25, 0.3) is 0 Å². The molecule has 1 unspecified atom stereocenters. The molecule has 2 fully saturated rings. The number of rotatable bonds is 4. The highest BCUT2D eigenvalue weighted by molar-refractivity contribution is 8.14. The van der Waals surface area contributed by atoms with Gasteiger partial charge in [-0.1, -0.05) is 23.4 Å². The van der Waals surface area contributed by atoms with Crippen molar-refractivity contribution in [3.8, 4) is 0 Å². The summed E-state index contributed by atoms with van der Waals surface area (Å²) in [5, 5.41) is 3.99. The molecule has 1 amide bonds. The molecule has 4 nitrogen and oxygen atoms in total. The fourth-order valence-corrected chi connectivity index (χ4v) is 3.66. The fourth-order valence-electron chi connectivity index (χ4n) is 2.23. The summed E-state index contributed by atoms with van der Waals surface area (Å²) in [5.74, 6) is 0.127. The van der Waals surface area contributed by atoms with E-state index >= 15 is 0 Å². The lowest BCUT2D eigenvalue weighted by Crippen LogP contribution is -2.33. The molecule has 1 aliphatic heterocycles. The van der Waals surface area contributed by atoms with Crippen LogP contribution in [-0.2, 0) is 4.79 Å². The Morgan fingerprint density at radius 1 is 1.55 bits per heavy atom. The monoisotopic (exact) mass is 341 g/mol. The zero-order chi connectivity index (χ0) is 15.7. The van der Waals surface area contributed by atoms with E-state index < -0.39 is 5.82 Å². The summed E-state index contributed by atoms with van der Waals surface area (Å²) >= 11 is 7.50. The number of carbonyl (C=O) groups is 1.